The Morgan fingerprint density at radius 1 is 1.33 bits per heavy atom. The van der Waals surface area contributed by atoms with Gasteiger partial charge in [-0.2, -0.15) is 0 Å². The predicted molar refractivity (Wildman–Crippen MR) is 75.3 cm³/mol. The summed E-state index contributed by atoms with van der Waals surface area (Å²) in [5.41, 5.74) is 1.45. The highest BCUT2D eigenvalue weighted by Crippen LogP contribution is 2.48. The van der Waals surface area contributed by atoms with Gasteiger partial charge in [0.25, 0.3) is 0 Å². The third-order valence-electron chi connectivity index (χ3n) is 4.93. The van der Waals surface area contributed by atoms with Crippen molar-refractivity contribution < 1.29 is 0 Å². The number of fused-ring (bicyclic) bond motifs is 2. The first-order valence-electron chi connectivity index (χ1n) is 7.59. The minimum atomic E-state index is 0.566. The van der Waals surface area contributed by atoms with Gasteiger partial charge in [-0.3, -0.25) is 0 Å². The first kappa shape index (κ1) is 12.3. The predicted octanol–water partition coefficient (Wildman–Crippen LogP) is 3.42. The van der Waals surface area contributed by atoms with Crippen molar-refractivity contribution in [3.05, 3.63) is 24.0 Å². The van der Waals surface area contributed by atoms with Crippen LogP contribution in [-0.4, -0.2) is 10.6 Å². The van der Waals surface area contributed by atoms with Crippen molar-refractivity contribution in [2.75, 3.05) is 0 Å². The van der Waals surface area contributed by atoms with E-state index < -0.39 is 0 Å². The summed E-state index contributed by atoms with van der Waals surface area (Å²) in [4.78, 5) is 0. The molecule has 100 valence electrons. The molecule has 2 saturated carbocycles. The molecule has 1 aromatic rings. The van der Waals surface area contributed by atoms with Crippen LogP contribution in [0.25, 0.3) is 0 Å². The molecule has 1 N–H and O–H groups in total. The molecule has 2 fully saturated rings. The van der Waals surface area contributed by atoms with E-state index in [1.807, 2.05) is 0 Å². The molecule has 2 heteroatoms. The zero-order valence-electron chi connectivity index (χ0n) is 11.7. The second-order valence-corrected chi connectivity index (χ2v) is 6.62. The van der Waals surface area contributed by atoms with Crippen LogP contribution in [0.3, 0.4) is 0 Å². The van der Waals surface area contributed by atoms with Crippen molar-refractivity contribution in [2.45, 2.75) is 58.7 Å². The fourth-order valence-corrected chi connectivity index (χ4v) is 3.95. The van der Waals surface area contributed by atoms with Gasteiger partial charge in [0.05, 0.1) is 0 Å². The van der Waals surface area contributed by atoms with Gasteiger partial charge in [0.15, 0.2) is 0 Å². The third-order valence-corrected chi connectivity index (χ3v) is 4.93. The van der Waals surface area contributed by atoms with Gasteiger partial charge < -0.3 is 9.88 Å². The van der Waals surface area contributed by atoms with E-state index in [1.54, 1.807) is 0 Å². The van der Waals surface area contributed by atoms with E-state index in [9.17, 15) is 0 Å². The fourth-order valence-electron chi connectivity index (χ4n) is 3.95. The highest BCUT2D eigenvalue weighted by molar-refractivity contribution is 5.08. The van der Waals surface area contributed by atoms with Crippen LogP contribution >= 0.6 is 0 Å². The average molecular weight is 246 g/mol. The van der Waals surface area contributed by atoms with E-state index in [2.05, 4.69) is 42.1 Å². The van der Waals surface area contributed by atoms with Gasteiger partial charge in [0.2, 0.25) is 0 Å². The molecule has 1 heterocycles. The Bertz CT molecular complexity index is 394. The monoisotopic (exact) mass is 246 g/mol. The summed E-state index contributed by atoms with van der Waals surface area (Å²) >= 11 is 0. The molecule has 2 aliphatic carbocycles. The average Bonchev–Trinajstić information content (AvgIpc) is 3.02. The molecular weight excluding hydrogens is 220 g/mol. The van der Waals surface area contributed by atoms with Gasteiger partial charge in [-0.15, -0.1) is 0 Å². The molecular formula is C16H26N2. The topological polar surface area (TPSA) is 17.0 Å². The lowest BCUT2D eigenvalue weighted by atomic mass is 9.89. The lowest BCUT2D eigenvalue weighted by Crippen LogP contribution is -2.25. The minimum absolute atomic E-state index is 0.566. The van der Waals surface area contributed by atoms with Gasteiger partial charge in [-0.05, 0) is 49.1 Å². The molecule has 0 radical (unpaired) electrons. The second-order valence-electron chi connectivity index (χ2n) is 6.62. The first-order valence-corrected chi connectivity index (χ1v) is 7.59. The summed E-state index contributed by atoms with van der Waals surface area (Å²) in [7, 11) is 0. The Labute approximate surface area is 111 Å². The van der Waals surface area contributed by atoms with Crippen molar-refractivity contribution in [2.24, 2.45) is 17.8 Å². The quantitative estimate of drug-likeness (QED) is 0.842. The van der Waals surface area contributed by atoms with E-state index in [0.717, 1.165) is 24.3 Å². The molecule has 3 unspecified atom stereocenters. The van der Waals surface area contributed by atoms with Gasteiger partial charge >= 0.3 is 0 Å². The van der Waals surface area contributed by atoms with Crippen LogP contribution in [0, 0.1) is 17.8 Å². The summed E-state index contributed by atoms with van der Waals surface area (Å²) in [5.74, 6) is 3.05. The Hall–Kier alpha value is -0.760. The van der Waals surface area contributed by atoms with Crippen LogP contribution in [0.5, 0.6) is 0 Å². The van der Waals surface area contributed by atoms with E-state index in [0.29, 0.717) is 6.04 Å². The van der Waals surface area contributed by atoms with E-state index in [4.69, 9.17) is 0 Å². The number of hydrogen-bond donors (Lipinski definition) is 1. The fraction of sp³-hybridized carbons (Fsp3) is 0.750. The third kappa shape index (κ3) is 2.49. The van der Waals surface area contributed by atoms with Crippen LogP contribution in [0.1, 0.15) is 45.2 Å². The second kappa shape index (κ2) is 5.08. The number of nitrogens with zero attached hydrogens (tertiary/aromatic N) is 1. The molecule has 2 aliphatic rings. The van der Waals surface area contributed by atoms with Gasteiger partial charge in [-0.1, -0.05) is 20.3 Å². The van der Waals surface area contributed by atoms with Crippen LogP contribution in [0.4, 0.5) is 0 Å². The van der Waals surface area contributed by atoms with Gasteiger partial charge in [0, 0.05) is 31.0 Å². The Morgan fingerprint density at radius 3 is 2.89 bits per heavy atom. The lowest BCUT2D eigenvalue weighted by molar-refractivity contribution is 0.292. The van der Waals surface area contributed by atoms with Crippen molar-refractivity contribution in [1.82, 2.24) is 9.88 Å². The highest BCUT2D eigenvalue weighted by Gasteiger charge is 2.39. The smallest absolute Gasteiger partial charge is 0.0361 e. The summed E-state index contributed by atoms with van der Waals surface area (Å²) < 4.78 is 2.49. The first-order chi connectivity index (χ1) is 8.72. The van der Waals surface area contributed by atoms with E-state index in [1.165, 1.54) is 37.9 Å². The maximum Gasteiger partial charge on any atom is 0.0361 e. The number of nitrogens with one attached hydrogen (secondary N) is 1. The SMILES string of the molecule is CC(C)NCc1cccn1CC1CC2CCC1C2. The molecule has 0 spiro atoms. The summed E-state index contributed by atoms with van der Waals surface area (Å²) in [6, 6.07) is 5.03. The summed E-state index contributed by atoms with van der Waals surface area (Å²) in [5, 5.41) is 3.53. The maximum atomic E-state index is 3.53. The Morgan fingerprint density at radius 2 is 2.22 bits per heavy atom. The van der Waals surface area contributed by atoms with Crippen LogP contribution < -0.4 is 5.32 Å². The molecule has 0 amide bonds. The standard InChI is InChI=1S/C16H26N2/c1-12(2)17-10-16-4-3-7-18(16)11-15-9-13-5-6-14(15)8-13/h3-4,7,12-15,17H,5-6,8-11H2,1-2H3. The molecule has 2 bridgehead atoms. The van der Waals surface area contributed by atoms with Crippen LogP contribution in [0.15, 0.2) is 18.3 Å². The van der Waals surface area contributed by atoms with Gasteiger partial charge in [0.1, 0.15) is 0 Å². The number of aromatic nitrogens is 1. The Kier molecular flexibility index (Phi) is 3.47. The molecule has 3 atom stereocenters. The minimum Gasteiger partial charge on any atom is -0.350 e. The van der Waals surface area contributed by atoms with Crippen molar-refractivity contribution in [3.8, 4) is 0 Å². The highest BCUT2D eigenvalue weighted by atomic mass is 15.0. The van der Waals surface area contributed by atoms with Gasteiger partial charge in [-0.25, -0.2) is 0 Å². The number of hydrogen-bond acceptors (Lipinski definition) is 1. The summed E-state index contributed by atoms with van der Waals surface area (Å²) in [6.07, 6.45) is 8.28. The zero-order chi connectivity index (χ0) is 12.5. The molecule has 2 nitrogen and oxygen atoms in total. The van der Waals surface area contributed by atoms with E-state index >= 15 is 0 Å². The van der Waals surface area contributed by atoms with Crippen molar-refractivity contribution in [3.63, 3.8) is 0 Å². The lowest BCUT2D eigenvalue weighted by Gasteiger charge is -2.23. The molecule has 0 saturated heterocycles. The largest absolute Gasteiger partial charge is 0.350 e. The molecule has 3 rings (SSSR count). The molecule has 0 aromatic carbocycles. The number of rotatable bonds is 5. The van der Waals surface area contributed by atoms with Crippen molar-refractivity contribution in [1.29, 1.82) is 0 Å². The van der Waals surface area contributed by atoms with E-state index in [-0.39, 0.29) is 0 Å². The van der Waals surface area contributed by atoms with Crippen molar-refractivity contribution >= 4 is 0 Å². The summed E-state index contributed by atoms with van der Waals surface area (Å²) in [6.45, 7) is 6.68. The molecule has 0 aliphatic heterocycles. The maximum absolute atomic E-state index is 3.53. The van der Waals surface area contributed by atoms with Crippen LogP contribution in [-0.2, 0) is 13.1 Å². The van der Waals surface area contributed by atoms with Crippen LogP contribution in [0.2, 0.25) is 0 Å². The Balaban J connectivity index is 1.61. The molecule has 18 heavy (non-hydrogen) atoms. The normalized spacial score (nSPS) is 30.5. The zero-order valence-corrected chi connectivity index (χ0v) is 11.7. The molecule has 1 aromatic heterocycles.